The van der Waals surface area contributed by atoms with Gasteiger partial charge in [0.25, 0.3) is 0 Å². The van der Waals surface area contributed by atoms with Crippen LogP contribution in [0.2, 0.25) is 0 Å². The molecule has 0 aliphatic rings. The number of Topliss-reactive ketones (excluding diaryl/α,β-unsaturated/α-hetero) is 1. The van der Waals surface area contributed by atoms with Gasteiger partial charge < -0.3 is 10.1 Å². The van der Waals surface area contributed by atoms with E-state index in [4.69, 9.17) is 4.74 Å². The molecular formula is C19H21NO4S. The van der Waals surface area contributed by atoms with Crippen molar-refractivity contribution in [2.24, 2.45) is 5.92 Å². The molecule has 0 aliphatic carbocycles. The lowest BCUT2D eigenvalue weighted by Crippen LogP contribution is -2.15. The van der Waals surface area contributed by atoms with Crippen LogP contribution < -0.4 is 5.32 Å². The van der Waals surface area contributed by atoms with E-state index in [-0.39, 0.29) is 24.2 Å². The average molecular weight is 359 g/mol. The zero-order valence-corrected chi connectivity index (χ0v) is 15.3. The van der Waals surface area contributed by atoms with Crippen LogP contribution >= 0.6 is 11.3 Å². The van der Waals surface area contributed by atoms with Crippen LogP contribution in [-0.4, -0.2) is 24.3 Å². The van der Waals surface area contributed by atoms with E-state index in [0.717, 1.165) is 4.88 Å². The maximum atomic E-state index is 12.1. The highest BCUT2D eigenvalue weighted by atomic mass is 32.1. The number of aryl methyl sites for hydroxylation is 1. The third-order valence-corrected chi connectivity index (χ3v) is 4.34. The molecule has 132 valence electrons. The minimum Gasteiger partial charge on any atom is -0.453 e. The van der Waals surface area contributed by atoms with E-state index < -0.39 is 5.97 Å². The van der Waals surface area contributed by atoms with E-state index in [0.29, 0.717) is 22.5 Å². The molecule has 6 heteroatoms. The van der Waals surface area contributed by atoms with Crippen LogP contribution in [0.4, 0.5) is 5.69 Å². The normalized spacial score (nSPS) is 10.6. The number of ether oxygens (including phenoxy) is 1. The van der Waals surface area contributed by atoms with Gasteiger partial charge in [0.2, 0.25) is 5.91 Å². The molecule has 0 aliphatic heterocycles. The topological polar surface area (TPSA) is 72.5 Å². The number of rotatable bonds is 7. The first-order valence-corrected chi connectivity index (χ1v) is 8.83. The summed E-state index contributed by atoms with van der Waals surface area (Å²) in [6.45, 7) is 5.53. The second-order valence-corrected chi connectivity index (χ2v) is 7.42. The molecule has 5 nitrogen and oxygen atoms in total. The molecule has 2 rings (SSSR count). The van der Waals surface area contributed by atoms with Gasteiger partial charge in [0.1, 0.15) is 4.88 Å². The van der Waals surface area contributed by atoms with Gasteiger partial charge in [-0.1, -0.05) is 13.8 Å². The third-order valence-electron chi connectivity index (χ3n) is 3.36. The molecule has 0 unspecified atom stereocenters. The first-order chi connectivity index (χ1) is 11.8. The fourth-order valence-electron chi connectivity index (χ4n) is 2.15. The highest BCUT2D eigenvalue weighted by Gasteiger charge is 2.13. The Balaban J connectivity index is 1.87. The summed E-state index contributed by atoms with van der Waals surface area (Å²) in [5.74, 6) is -0.567. The molecule has 0 atom stereocenters. The lowest BCUT2D eigenvalue weighted by Gasteiger charge is -2.08. The molecule has 0 fully saturated rings. The Morgan fingerprint density at radius 3 is 2.32 bits per heavy atom. The Morgan fingerprint density at radius 1 is 1.08 bits per heavy atom. The van der Waals surface area contributed by atoms with E-state index >= 15 is 0 Å². The quantitative estimate of drug-likeness (QED) is 0.597. The van der Waals surface area contributed by atoms with E-state index in [9.17, 15) is 14.4 Å². The van der Waals surface area contributed by atoms with Crippen LogP contribution in [0.25, 0.3) is 0 Å². The third kappa shape index (κ3) is 5.83. The summed E-state index contributed by atoms with van der Waals surface area (Å²) >= 11 is 1.33. The minimum absolute atomic E-state index is 0.0609. The summed E-state index contributed by atoms with van der Waals surface area (Å²) in [6.07, 6.45) is 0.443. The highest BCUT2D eigenvalue weighted by Crippen LogP contribution is 2.16. The van der Waals surface area contributed by atoms with Crippen molar-refractivity contribution in [2.75, 3.05) is 11.9 Å². The Labute approximate surface area is 151 Å². The molecular weight excluding hydrogens is 338 g/mol. The van der Waals surface area contributed by atoms with Crippen LogP contribution in [0.3, 0.4) is 0 Å². The van der Waals surface area contributed by atoms with Crippen LogP contribution in [0.15, 0.2) is 36.4 Å². The summed E-state index contributed by atoms with van der Waals surface area (Å²) in [5, 5.41) is 2.78. The van der Waals surface area contributed by atoms with Gasteiger partial charge in [0.05, 0.1) is 0 Å². The molecule has 1 aromatic carbocycles. The predicted molar refractivity (Wildman–Crippen MR) is 98.2 cm³/mol. The first kappa shape index (κ1) is 18.9. The van der Waals surface area contributed by atoms with Crippen molar-refractivity contribution in [1.82, 2.24) is 0 Å². The second-order valence-electron chi connectivity index (χ2n) is 6.13. The number of ketones is 1. The van der Waals surface area contributed by atoms with Crippen molar-refractivity contribution < 1.29 is 19.1 Å². The van der Waals surface area contributed by atoms with Crippen molar-refractivity contribution in [3.05, 3.63) is 51.7 Å². The predicted octanol–water partition coefficient (Wildman–Crippen LogP) is 4.08. The zero-order valence-electron chi connectivity index (χ0n) is 14.5. The molecule has 2 aromatic rings. The number of carbonyl (C=O) groups excluding carboxylic acids is 3. The largest absolute Gasteiger partial charge is 0.453 e. The molecule has 1 N–H and O–H groups in total. The van der Waals surface area contributed by atoms with Crippen LogP contribution in [0, 0.1) is 12.8 Å². The van der Waals surface area contributed by atoms with Crippen molar-refractivity contribution in [1.29, 1.82) is 0 Å². The van der Waals surface area contributed by atoms with E-state index in [1.54, 1.807) is 30.3 Å². The molecule has 0 radical (unpaired) electrons. The van der Waals surface area contributed by atoms with Crippen molar-refractivity contribution in [3.8, 4) is 0 Å². The summed E-state index contributed by atoms with van der Waals surface area (Å²) in [4.78, 5) is 37.2. The minimum atomic E-state index is -0.496. The van der Waals surface area contributed by atoms with E-state index in [2.05, 4.69) is 5.32 Å². The van der Waals surface area contributed by atoms with Gasteiger partial charge in [0.15, 0.2) is 12.4 Å². The molecule has 0 saturated carbocycles. The number of carbonyl (C=O) groups is 3. The maximum absolute atomic E-state index is 12.1. The molecule has 1 aromatic heterocycles. The number of thiophene rings is 1. The number of nitrogens with one attached hydrogen (secondary N) is 1. The Hall–Kier alpha value is -2.47. The smallest absolute Gasteiger partial charge is 0.348 e. The highest BCUT2D eigenvalue weighted by molar-refractivity contribution is 7.13. The van der Waals surface area contributed by atoms with Crippen molar-refractivity contribution in [3.63, 3.8) is 0 Å². The zero-order chi connectivity index (χ0) is 18.4. The van der Waals surface area contributed by atoms with E-state index in [1.165, 1.54) is 11.3 Å². The number of hydrogen-bond acceptors (Lipinski definition) is 5. The summed E-state index contributed by atoms with van der Waals surface area (Å²) in [5.41, 5.74) is 1.06. The van der Waals surface area contributed by atoms with E-state index in [1.807, 2.05) is 26.8 Å². The SMILES string of the molecule is Cc1ccc(C(=O)OCC(=O)c2ccc(NC(=O)CC(C)C)cc2)s1. The molecule has 1 amide bonds. The van der Waals surface area contributed by atoms with Gasteiger partial charge in [-0.25, -0.2) is 4.79 Å². The van der Waals surface area contributed by atoms with Crippen molar-refractivity contribution >= 4 is 34.7 Å². The van der Waals surface area contributed by atoms with Crippen LogP contribution in [0.5, 0.6) is 0 Å². The fraction of sp³-hybridized carbons (Fsp3) is 0.316. The van der Waals surface area contributed by atoms with Gasteiger partial charge in [-0.15, -0.1) is 11.3 Å². The number of amides is 1. The lowest BCUT2D eigenvalue weighted by molar-refractivity contribution is -0.116. The van der Waals surface area contributed by atoms with Gasteiger partial charge in [-0.3, -0.25) is 9.59 Å². The van der Waals surface area contributed by atoms with Crippen LogP contribution in [-0.2, 0) is 9.53 Å². The maximum Gasteiger partial charge on any atom is 0.348 e. The molecule has 0 saturated heterocycles. The molecule has 25 heavy (non-hydrogen) atoms. The summed E-state index contributed by atoms with van der Waals surface area (Å²) in [7, 11) is 0. The second kappa shape index (κ2) is 8.58. The van der Waals surface area contributed by atoms with Gasteiger partial charge in [-0.05, 0) is 49.2 Å². The van der Waals surface area contributed by atoms with Gasteiger partial charge in [0, 0.05) is 22.5 Å². The number of esters is 1. The Bertz CT molecular complexity index is 762. The summed E-state index contributed by atoms with van der Waals surface area (Å²) < 4.78 is 5.05. The summed E-state index contributed by atoms with van der Waals surface area (Å²) in [6, 6.07) is 10.1. The van der Waals surface area contributed by atoms with Crippen molar-refractivity contribution in [2.45, 2.75) is 27.2 Å². The molecule has 0 bridgehead atoms. The van der Waals surface area contributed by atoms with Gasteiger partial charge in [-0.2, -0.15) is 0 Å². The average Bonchev–Trinajstić information content (AvgIpc) is 2.98. The number of hydrogen-bond donors (Lipinski definition) is 1. The standard InChI is InChI=1S/C19H21NO4S/c1-12(2)10-18(22)20-15-7-5-14(6-8-15)16(21)11-24-19(23)17-9-4-13(3)25-17/h4-9,12H,10-11H2,1-3H3,(H,20,22). The monoisotopic (exact) mass is 359 g/mol. The molecule has 1 heterocycles. The number of anilines is 1. The lowest BCUT2D eigenvalue weighted by atomic mass is 10.1. The fourth-order valence-corrected chi connectivity index (χ4v) is 2.91. The van der Waals surface area contributed by atoms with Crippen LogP contribution in [0.1, 0.15) is 45.2 Å². The number of benzene rings is 1. The Kier molecular flexibility index (Phi) is 6.47. The van der Waals surface area contributed by atoms with Gasteiger partial charge >= 0.3 is 5.97 Å². The Morgan fingerprint density at radius 2 is 1.76 bits per heavy atom. The first-order valence-electron chi connectivity index (χ1n) is 8.02. The molecule has 0 spiro atoms.